The molecule has 1 atom stereocenters. The summed E-state index contributed by atoms with van der Waals surface area (Å²) in [6.45, 7) is 5.77. The number of pyridine rings is 1. The molecule has 0 bridgehead atoms. The highest BCUT2D eigenvalue weighted by Gasteiger charge is 2.19. The van der Waals surface area contributed by atoms with Crippen LogP contribution in [0.1, 0.15) is 31.4 Å². The van der Waals surface area contributed by atoms with Crippen LogP contribution in [0.5, 0.6) is 0 Å². The Kier molecular flexibility index (Phi) is 7.56. The molecule has 6 aromatic rings. The van der Waals surface area contributed by atoms with E-state index in [2.05, 4.69) is 30.8 Å². The Balaban J connectivity index is 1.45. The number of nitrogens with zero attached hydrogens (tertiary/aromatic N) is 8. The lowest BCUT2D eigenvalue weighted by molar-refractivity contribution is -0.119. The smallest absolute Gasteiger partial charge is 0.277 e. The fraction of sp³-hybridized carbons (Fsp3) is 0.219. The van der Waals surface area contributed by atoms with Gasteiger partial charge in [-0.15, -0.1) is 5.10 Å². The zero-order valence-electron chi connectivity index (χ0n) is 24.7. The normalized spacial score (nSPS) is 12.0. The Morgan fingerprint density at radius 1 is 1.05 bits per heavy atom. The molecule has 0 aliphatic rings. The van der Waals surface area contributed by atoms with E-state index < -0.39 is 5.56 Å². The number of anilines is 1. The maximum Gasteiger partial charge on any atom is 0.277 e. The number of amides is 1. The van der Waals surface area contributed by atoms with E-state index >= 15 is 0 Å². The van der Waals surface area contributed by atoms with Crippen LogP contribution < -0.4 is 10.9 Å². The van der Waals surface area contributed by atoms with Gasteiger partial charge in [0.15, 0.2) is 5.82 Å². The summed E-state index contributed by atoms with van der Waals surface area (Å²) in [6, 6.07) is 14.0. The molecule has 44 heavy (non-hydrogen) atoms. The van der Waals surface area contributed by atoms with Crippen LogP contribution in [0.4, 0.5) is 10.1 Å². The lowest BCUT2D eigenvalue weighted by Crippen LogP contribution is -2.30. The molecule has 0 aliphatic heterocycles. The number of carbonyl (C=O) groups is 1. The standard InChI is InChI=1S/C32H30FN9O2/c1-5-19(2)31(43)36-27-16-35-29(22-7-6-8-23(12-22)30-37-38-39-40(30)4)42(32(27)44)18-21-11-25(15-34-14-21)41-17-20(3)26-13-24(33)9-10-28(26)41/h6-17,19H,5,18H2,1-4H3,(H,36,43)/t19-/m1/s1. The Morgan fingerprint density at radius 3 is 2.59 bits per heavy atom. The van der Waals surface area contributed by atoms with Crippen LogP contribution in [0, 0.1) is 18.7 Å². The molecule has 4 heterocycles. The van der Waals surface area contributed by atoms with Crippen molar-refractivity contribution < 1.29 is 9.18 Å². The van der Waals surface area contributed by atoms with E-state index in [1.54, 1.807) is 37.1 Å². The number of benzene rings is 2. The van der Waals surface area contributed by atoms with Gasteiger partial charge in [0.2, 0.25) is 5.91 Å². The number of carbonyl (C=O) groups excluding carboxylic acids is 1. The van der Waals surface area contributed by atoms with E-state index in [0.29, 0.717) is 23.6 Å². The summed E-state index contributed by atoms with van der Waals surface area (Å²) in [5, 5.41) is 15.3. The zero-order valence-corrected chi connectivity index (χ0v) is 24.7. The average Bonchev–Trinajstić information content (AvgIpc) is 3.61. The van der Waals surface area contributed by atoms with Crippen molar-refractivity contribution in [2.75, 3.05) is 5.32 Å². The summed E-state index contributed by atoms with van der Waals surface area (Å²) in [7, 11) is 1.75. The van der Waals surface area contributed by atoms with Crippen LogP contribution in [-0.4, -0.2) is 45.2 Å². The fourth-order valence-electron chi connectivity index (χ4n) is 5.12. The molecule has 0 spiro atoms. The number of hydrogen-bond acceptors (Lipinski definition) is 7. The third-order valence-corrected chi connectivity index (χ3v) is 7.73. The molecule has 0 unspecified atom stereocenters. The van der Waals surface area contributed by atoms with Crippen molar-refractivity contribution >= 4 is 22.5 Å². The minimum Gasteiger partial charge on any atom is -0.320 e. The average molecular weight is 592 g/mol. The van der Waals surface area contributed by atoms with Gasteiger partial charge in [0, 0.05) is 41.9 Å². The summed E-state index contributed by atoms with van der Waals surface area (Å²) < 4.78 is 19.0. The summed E-state index contributed by atoms with van der Waals surface area (Å²) in [6.07, 6.45) is 7.36. The highest BCUT2D eigenvalue weighted by molar-refractivity contribution is 5.92. The monoisotopic (exact) mass is 591 g/mol. The first kappa shape index (κ1) is 28.6. The predicted molar refractivity (Wildman–Crippen MR) is 165 cm³/mol. The van der Waals surface area contributed by atoms with Crippen molar-refractivity contribution in [1.82, 2.24) is 39.3 Å². The van der Waals surface area contributed by atoms with Gasteiger partial charge in [-0.2, -0.15) is 0 Å². The molecule has 2 aromatic carbocycles. The quantitative estimate of drug-likeness (QED) is 0.266. The van der Waals surface area contributed by atoms with Crippen molar-refractivity contribution in [2.24, 2.45) is 13.0 Å². The van der Waals surface area contributed by atoms with E-state index in [0.717, 1.165) is 33.3 Å². The van der Waals surface area contributed by atoms with E-state index in [-0.39, 0.29) is 29.9 Å². The first-order valence-electron chi connectivity index (χ1n) is 14.2. The first-order chi connectivity index (χ1) is 21.2. The number of hydrogen-bond donors (Lipinski definition) is 1. The third kappa shape index (κ3) is 5.37. The lowest BCUT2D eigenvalue weighted by Gasteiger charge is -2.16. The summed E-state index contributed by atoms with van der Waals surface area (Å²) in [4.78, 5) is 35.8. The number of aryl methyl sites for hydroxylation is 2. The molecular weight excluding hydrogens is 561 g/mol. The number of aromatic nitrogens is 8. The molecule has 11 nitrogen and oxygen atoms in total. The second kappa shape index (κ2) is 11.6. The summed E-state index contributed by atoms with van der Waals surface area (Å²) >= 11 is 0. The number of rotatable bonds is 8. The largest absolute Gasteiger partial charge is 0.320 e. The molecular formula is C32H30FN9O2. The fourth-order valence-corrected chi connectivity index (χ4v) is 5.12. The maximum absolute atomic E-state index is 14.0. The summed E-state index contributed by atoms with van der Waals surface area (Å²) in [5.74, 6) is 0.135. The lowest BCUT2D eigenvalue weighted by atomic mass is 10.1. The van der Waals surface area contributed by atoms with Gasteiger partial charge in [0.05, 0.1) is 30.1 Å². The van der Waals surface area contributed by atoms with Gasteiger partial charge in [0.25, 0.3) is 5.56 Å². The van der Waals surface area contributed by atoms with Crippen LogP contribution in [-0.2, 0) is 18.4 Å². The van der Waals surface area contributed by atoms with Gasteiger partial charge < -0.3 is 9.88 Å². The Bertz CT molecular complexity index is 2080. The minimum absolute atomic E-state index is 0.0888. The van der Waals surface area contributed by atoms with E-state index in [1.807, 2.05) is 54.9 Å². The van der Waals surface area contributed by atoms with Gasteiger partial charge in [-0.1, -0.05) is 32.0 Å². The van der Waals surface area contributed by atoms with Crippen molar-refractivity contribution in [3.8, 4) is 28.5 Å². The van der Waals surface area contributed by atoms with Gasteiger partial charge in [-0.25, -0.2) is 14.1 Å². The van der Waals surface area contributed by atoms with Crippen molar-refractivity contribution in [3.05, 3.63) is 101 Å². The molecule has 6 rings (SSSR count). The number of tetrazole rings is 1. The molecule has 4 aromatic heterocycles. The van der Waals surface area contributed by atoms with Gasteiger partial charge in [-0.3, -0.25) is 19.1 Å². The highest BCUT2D eigenvalue weighted by Crippen LogP contribution is 2.27. The van der Waals surface area contributed by atoms with Crippen LogP contribution in [0.25, 0.3) is 39.4 Å². The van der Waals surface area contributed by atoms with Crippen LogP contribution in [0.2, 0.25) is 0 Å². The van der Waals surface area contributed by atoms with Crippen LogP contribution in [0.15, 0.2) is 78.1 Å². The molecule has 0 saturated carbocycles. The Hall–Kier alpha value is -5.52. The molecule has 0 saturated heterocycles. The third-order valence-electron chi connectivity index (χ3n) is 7.73. The molecule has 1 N–H and O–H groups in total. The molecule has 222 valence electrons. The van der Waals surface area contributed by atoms with Crippen LogP contribution >= 0.6 is 0 Å². The van der Waals surface area contributed by atoms with E-state index in [1.165, 1.54) is 22.9 Å². The Morgan fingerprint density at radius 2 is 1.84 bits per heavy atom. The van der Waals surface area contributed by atoms with Gasteiger partial charge in [0.1, 0.15) is 17.3 Å². The summed E-state index contributed by atoms with van der Waals surface area (Å²) in [5.41, 5.74) is 4.36. The maximum atomic E-state index is 14.0. The van der Waals surface area contributed by atoms with Gasteiger partial charge >= 0.3 is 0 Å². The Labute approximate surface area is 252 Å². The highest BCUT2D eigenvalue weighted by atomic mass is 19.1. The van der Waals surface area contributed by atoms with E-state index in [4.69, 9.17) is 0 Å². The predicted octanol–water partition coefficient (Wildman–Crippen LogP) is 4.92. The van der Waals surface area contributed by atoms with Crippen LogP contribution in [0.3, 0.4) is 0 Å². The van der Waals surface area contributed by atoms with Crippen molar-refractivity contribution in [2.45, 2.75) is 33.7 Å². The van der Waals surface area contributed by atoms with Gasteiger partial charge in [-0.05, 0) is 65.2 Å². The van der Waals surface area contributed by atoms with E-state index in [9.17, 15) is 14.0 Å². The topological polar surface area (TPSA) is 125 Å². The van der Waals surface area contributed by atoms with Crippen molar-refractivity contribution in [1.29, 1.82) is 0 Å². The molecule has 12 heteroatoms. The molecule has 0 radical (unpaired) electrons. The molecule has 1 amide bonds. The molecule has 0 aliphatic carbocycles. The number of halogens is 1. The SMILES string of the molecule is CC[C@@H](C)C(=O)Nc1cnc(-c2cccc(-c3nnnn3C)c2)n(Cc2cncc(-n3cc(C)c4cc(F)ccc43)c2)c1=O. The van der Waals surface area contributed by atoms with Crippen molar-refractivity contribution in [3.63, 3.8) is 0 Å². The second-order valence-corrected chi connectivity index (χ2v) is 10.8. The zero-order chi connectivity index (χ0) is 31.0. The molecule has 0 fully saturated rings. The number of nitrogens with one attached hydrogen (secondary N) is 1. The number of fused-ring (bicyclic) bond motifs is 1. The minimum atomic E-state index is -0.402. The second-order valence-electron chi connectivity index (χ2n) is 10.8. The first-order valence-corrected chi connectivity index (χ1v) is 14.2.